The van der Waals surface area contributed by atoms with Crippen LogP contribution in [-0.4, -0.2) is 49.6 Å². The molecule has 0 aliphatic carbocycles. The van der Waals surface area contributed by atoms with Gasteiger partial charge in [0.2, 0.25) is 5.91 Å². The number of hydrogen-bond acceptors (Lipinski definition) is 3. The fourth-order valence-corrected chi connectivity index (χ4v) is 3.35. The van der Waals surface area contributed by atoms with E-state index in [1.54, 1.807) is 4.90 Å². The smallest absolute Gasteiger partial charge is 0.315 e. The average molecular weight is 380 g/mol. The third kappa shape index (κ3) is 5.57. The number of anilines is 1. The minimum atomic E-state index is -0.225. The number of nitrogens with one attached hydrogen (secondary N) is 2. The van der Waals surface area contributed by atoms with Crippen molar-refractivity contribution in [1.82, 2.24) is 15.5 Å². The van der Waals surface area contributed by atoms with Crippen molar-refractivity contribution in [3.8, 4) is 0 Å². The Hall–Kier alpha value is -2.86. The van der Waals surface area contributed by atoms with E-state index in [-0.39, 0.29) is 18.0 Å². The molecular formula is C22H28N4O2. The maximum atomic E-state index is 12.3. The van der Waals surface area contributed by atoms with Crippen molar-refractivity contribution in [2.75, 3.05) is 31.6 Å². The molecule has 1 atom stereocenters. The number of carbonyl (C=O) groups excluding carboxylic acids is 2. The Balaban J connectivity index is 1.39. The van der Waals surface area contributed by atoms with Crippen LogP contribution in [0.15, 0.2) is 54.6 Å². The Morgan fingerprint density at radius 2 is 1.86 bits per heavy atom. The number of nitrogens with zero attached hydrogens (tertiary/aromatic N) is 2. The molecule has 1 aliphatic heterocycles. The molecule has 6 heteroatoms. The first kappa shape index (κ1) is 19.9. The van der Waals surface area contributed by atoms with Crippen LogP contribution in [0, 0.1) is 6.92 Å². The Kier molecular flexibility index (Phi) is 6.66. The lowest BCUT2D eigenvalue weighted by molar-refractivity contribution is -0.117. The quantitative estimate of drug-likeness (QED) is 0.776. The molecule has 0 saturated carbocycles. The van der Waals surface area contributed by atoms with E-state index in [4.69, 9.17) is 0 Å². The zero-order valence-corrected chi connectivity index (χ0v) is 16.5. The van der Waals surface area contributed by atoms with E-state index in [2.05, 4.69) is 27.7 Å². The lowest BCUT2D eigenvalue weighted by Crippen LogP contribution is -2.45. The van der Waals surface area contributed by atoms with Gasteiger partial charge < -0.3 is 20.4 Å². The molecule has 0 spiro atoms. The van der Waals surface area contributed by atoms with Crippen molar-refractivity contribution in [2.24, 2.45) is 0 Å². The van der Waals surface area contributed by atoms with E-state index in [1.807, 2.05) is 56.4 Å². The minimum absolute atomic E-state index is 0.0387. The summed E-state index contributed by atoms with van der Waals surface area (Å²) in [6.07, 6.45) is 0.329. The van der Waals surface area contributed by atoms with Crippen LogP contribution >= 0.6 is 0 Å². The van der Waals surface area contributed by atoms with E-state index in [0.29, 0.717) is 19.5 Å². The second-order valence-electron chi connectivity index (χ2n) is 7.36. The van der Waals surface area contributed by atoms with Crippen LogP contribution in [0.1, 0.15) is 17.5 Å². The first-order chi connectivity index (χ1) is 13.5. The molecule has 148 valence electrons. The van der Waals surface area contributed by atoms with Gasteiger partial charge in [-0.3, -0.25) is 4.79 Å². The van der Waals surface area contributed by atoms with Gasteiger partial charge in [-0.15, -0.1) is 0 Å². The van der Waals surface area contributed by atoms with Crippen LogP contribution in [0.5, 0.6) is 0 Å². The molecule has 1 fully saturated rings. The molecule has 2 aromatic carbocycles. The van der Waals surface area contributed by atoms with Gasteiger partial charge in [0, 0.05) is 38.3 Å². The molecule has 28 heavy (non-hydrogen) atoms. The fourth-order valence-electron chi connectivity index (χ4n) is 3.35. The van der Waals surface area contributed by atoms with Crippen LogP contribution in [-0.2, 0) is 11.3 Å². The van der Waals surface area contributed by atoms with E-state index in [9.17, 15) is 9.59 Å². The van der Waals surface area contributed by atoms with Crippen molar-refractivity contribution in [1.29, 1.82) is 0 Å². The minimum Gasteiger partial charge on any atom is -0.337 e. The zero-order chi connectivity index (χ0) is 19.9. The van der Waals surface area contributed by atoms with Crippen LogP contribution in [0.25, 0.3) is 0 Å². The lowest BCUT2D eigenvalue weighted by Gasteiger charge is -2.19. The highest BCUT2D eigenvalue weighted by atomic mass is 16.2. The summed E-state index contributed by atoms with van der Waals surface area (Å²) in [7, 11) is 2.03. The van der Waals surface area contributed by atoms with Crippen molar-refractivity contribution < 1.29 is 9.59 Å². The largest absolute Gasteiger partial charge is 0.337 e. The summed E-state index contributed by atoms with van der Waals surface area (Å²) in [4.78, 5) is 28.3. The molecule has 1 saturated heterocycles. The number of benzene rings is 2. The third-order valence-electron chi connectivity index (χ3n) is 4.88. The standard InChI is InChI=1S/C22H28N4O2/c1-17-8-10-20(11-9-17)26-16-19(14-21(26)27)24-22(28)23-12-13-25(2)15-18-6-4-3-5-7-18/h3-11,19H,12-16H2,1-2H3,(H2,23,24,28). The van der Waals surface area contributed by atoms with Crippen molar-refractivity contribution >= 4 is 17.6 Å². The van der Waals surface area contributed by atoms with Gasteiger partial charge in [0.15, 0.2) is 0 Å². The Labute approximate surface area is 166 Å². The van der Waals surface area contributed by atoms with Gasteiger partial charge in [0.1, 0.15) is 0 Å². The number of likely N-dealkylation sites (N-methyl/N-ethyl adjacent to an activating group) is 1. The Morgan fingerprint density at radius 3 is 2.57 bits per heavy atom. The summed E-state index contributed by atoms with van der Waals surface area (Å²) < 4.78 is 0. The molecule has 0 aromatic heterocycles. The van der Waals surface area contributed by atoms with Crippen molar-refractivity contribution in [3.05, 3.63) is 65.7 Å². The van der Waals surface area contributed by atoms with Gasteiger partial charge >= 0.3 is 6.03 Å². The van der Waals surface area contributed by atoms with Gasteiger partial charge in [0.05, 0.1) is 6.04 Å². The summed E-state index contributed by atoms with van der Waals surface area (Å²) >= 11 is 0. The van der Waals surface area contributed by atoms with Crippen LogP contribution in [0.3, 0.4) is 0 Å². The SMILES string of the molecule is Cc1ccc(N2CC(NC(=O)NCCN(C)Cc3ccccc3)CC2=O)cc1. The van der Waals surface area contributed by atoms with E-state index in [1.165, 1.54) is 5.56 Å². The van der Waals surface area contributed by atoms with Crippen LogP contribution in [0.4, 0.5) is 10.5 Å². The summed E-state index contributed by atoms with van der Waals surface area (Å²) in [5.41, 5.74) is 3.28. The molecule has 3 amide bonds. The summed E-state index contributed by atoms with van der Waals surface area (Å²) in [5.74, 6) is 0.0387. The van der Waals surface area contributed by atoms with Crippen LogP contribution in [0.2, 0.25) is 0 Å². The number of urea groups is 1. The molecule has 0 radical (unpaired) electrons. The molecule has 3 rings (SSSR count). The first-order valence-electron chi connectivity index (χ1n) is 9.65. The van der Waals surface area contributed by atoms with Gasteiger partial charge in [0.25, 0.3) is 0 Å². The third-order valence-corrected chi connectivity index (χ3v) is 4.88. The summed E-state index contributed by atoms with van der Waals surface area (Å²) in [5, 5.41) is 5.79. The van der Waals surface area contributed by atoms with Crippen LogP contribution < -0.4 is 15.5 Å². The predicted molar refractivity (Wildman–Crippen MR) is 111 cm³/mol. The monoisotopic (exact) mass is 380 g/mol. The maximum Gasteiger partial charge on any atom is 0.315 e. The van der Waals surface area contributed by atoms with Crippen molar-refractivity contribution in [2.45, 2.75) is 25.9 Å². The topological polar surface area (TPSA) is 64.7 Å². The number of aryl methyl sites for hydroxylation is 1. The number of carbonyl (C=O) groups is 2. The second-order valence-corrected chi connectivity index (χ2v) is 7.36. The Bertz CT molecular complexity index is 792. The normalized spacial score (nSPS) is 16.5. The van der Waals surface area contributed by atoms with E-state index in [0.717, 1.165) is 24.3 Å². The Morgan fingerprint density at radius 1 is 1.14 bits per heavy atom. The van der Waals surface area contributed by atoms with Gasteiger partial charge in [-0.2, -0.15) is 0 Å². The molecule has 2 aromatic rings. The highest BCUT2D eigenvalue weighted by Gasteiger charge is 2.31. The highest BCUT2D eigenvalue weighted by Crippen LogP contribution is 2.21. The lowest BCUT2D eigenvalue weighted by atomic mass is 10.2. The number of rotatable bonds is 7. The van der Waals surface area contributed by atoms with E-state index >= 15 is 0 Å². The zero-order valence-electron chi connectivity index (χ0n) is 16.5. The highest BCUT2D eigenvalue weighted by molar-refractivity contribution is 5.96. The van der Waals surface area contributed by atoms with Gasteiger partial charge in [-0.25, -0.2) is 4.79 Å². The first-order valence-corrected chi connectivity index (χ1v) is 9.65. The number of amides is 3. The maximum absolute atomic E-state index is 12.3. The average Bonchev–Trinajstić information content (AvgIpc) is 3.03. The van der Waals surface area contributed by atoms with Gasteiger partial charge in [-0.1, -0.05) is 48.0 Å². The predicted octanol–water partition coefficient (Wildman–Crippen LogP) is 2.53. The molecule has 0 bridgehead atoms. The van der Waals surface area contributed by atoms with Gasteiger partial charge in [-0.05, 0) is 31.7 Å². The van der Waals surface area contributed by atoms with Crippen molar-refractivity contribution in [3.63, 3.8) is 0 Å². The molecule has 1 aliphatic rings. The summed E-state index contributed by atoms with van der Waals surface area (Å²) in [6, 6.07) is 17.7. The second kappa shape index (κ2) is 9.37. The molecule has 2 N–H and O–H groups in total. The van der Waals surface area contributed by atoms with E-state index < -0.39 is 0 Å². The molecule has 1 heterocycles. The number of hydrogen-bond donors (Lipinski definition) is 2. The molecule has 6 nitrogen and oxygen atoms in total. The molecule has 1 unspecified atom stereocenters. The summed E-state index contributed by atoms with van der Waals surface area (Å²) in [6.45, 7) is 4.66. The fraction of sp³-hybridized carbons (Fsp3) is 0.364. The molecular weight excluding hydrogens is 352 g/mol.